The summed E-state index contributed by atoms with van der Waals surface area (Å²) in [6.07, 6.45) is 3.11. The lowest BCUT2D eigenvalue weighted by molar-refractivity contribution is -0.116. The fraction of sp³-hybridized carbons (Fsp3) is 0.263. The first kappa shape index (κ1) is 18.4. The molecule has 0 saturated heterocycles. The number of amides is 3. The third-order valence-corrected chi connectivity index (χ3v) is 3.98. The molecule has 2 aromatic heterocycles. The molecule has 3 rings (SSSR count). The molecule has 2 N–H and O–H groups in total. The van der Waals surface area contributed by atoms with Gasteiger partial charge in [-0.2, -0.15) is 0 Å². The summed E-state index contributed by atoms with van der Waals surface area (Å²) in [6, 6.07) is 12.4. The molecule has 0 unspecified atom stereocenters. The van der Waals surface area contributed by atoms with E-state index in [-0.39, 0.29) is 11.9 Å². The first-order valence-corrected chi connectivity index (χ1v) is 8.77. The molecule has 0 saturated carbocycles. The van der Waals surface area contributed by atoms with Gasteiger partial charge in [-0.1, -0.05) is 19.1 Å². The fourth-order valence-corrected chi connectivity index (χ4v) is 2.63. The number of nitrogens with zero attached hydrogens (tertiary/aromatic N) is 4. The van der Waals surface area contributed by atoms with Crippen molar-refractivity contribution >= 4 is 29.0 Å². The van der Waals surface area contributed by atoms with Gasteiger partial charge < -0.3 is 15.5 Å². The largest absolute Gasteiger partial charge is 0.326 e. The Morgan fingerprint density at radius 2 is 1.85 bits per heavy atom. The van der Waals surface area contributed by atoms with E-state index < -0.39 is 0 Å². The van der Waals surface area contributed by atoms with Crippen molar-refractivity contribution in [2.24, 2.45) is 0 Å². The monoisotopic (exact) mass is 366 g/mol. The van der Waals surface area contributed by atoms with Crippen molar-refractivity contribution in [3.05, 3.63) is 54.5 Å². The molecule has 3 aromatic rings. The highest BCUT2D eigenvalue weighted by atomic mass is 16.2. The number of carbonyl (C=O) groups excluding carboxylic acids is 2. The van der Waals surface area contributed by atoms with E-state index in [1.807, 2.05) is 35.7 Å². The van der Waals surface area contributed by atoms with Crippen LogP contribution in [0.15, 0.2) is 48.7 Å². The number of rotatable bonds is 6. The first-order valence-electron chi connectivity index (χ1n) is 8.77. The summed E-state index contributed by atoms with van der Waals surface area (Å²) in [5, 5.41) is 13.9. The zero-order valence-corrected chi connectivity index (χ0v) is 15.3. The Labute approximate surface area is 157 Å². The molecule has 8 heteroatoms. The van der Waals surface area contributed by atoms with Crippen molar-refractivity contribution in [3.8, 4) is 0 Å². The quantitative estimate of drug-likeness (QED) is 0.701. The van der Waals surface area contributed by atoms with Crippen molar-refractivity contribution in [2.45, 2.75) is 26.3 Å². The van der Waals surface area contributed by atoms with Gasteiger partial charge in [0.05, 0.1) is 6.54 Å². The summed E-state index contributed by atoms with van der Waals surface area (Å²) in [5.41, 5.74) is 1.99. The molecule has 0 aliphatic carbocycles. The number of pyridine rings is 1. The van der Waals surface area contributed by atoms with Gasteiger partial charge in [0, 0.05) is 31.0 Å². The van der Waals surface area contributed by atoms with Crippen molar-refractivity contribution in [1.29, 1.82) is 0 Å². The van der Waals surface area contributed by atoms with Crippen LogP contribution in [-0.2, 0) is 11.3 Å². The van der Waals surface area contributed by atoms with Gasteiger partial charge in [-0.25, -0.2) is 4.79 Å². The second-order valence-corrected chi connectivity index (χ2v) is 6.21. The molecule has 1 aromatic carbocycles. The number of nitrogens with one attached hydrogen (secondary N) is 2. The van der Waals surface area contributed by atoms with E-state index in [1.165, 1.54) is 4.90 Å². The number of aromatic nitrogens is 3. The van der Waals surface area contributed by atoms with Crippen LogP contribution in [0.25, 0.3) is 5.65 Å². The van der Waals surface area contributed by atoms with Crippen LogP contribution in [0.5, 0.6) is 0 Å². The van der Waals surface area contributed by atoms with Gasteiger partial charge in [-0.05, 0) is 36.8 Å². The van der Waals surface area contributed by atoms with Gasteiger partial charge in [0.1, 0.15) is 0 Å². The molecule has 0 aliphatic rings. The third kappa shape index (κ3) is 4.60. The molecule has 2 heterocycles. The molecule has 0 fully saturated rings. The summed E-state index contributed by atoms with van der Waals surface area (Å²) in [4.78, 5) is 25.7. The van der Waals surface area contributed by atoms with Gasteiger partial charge in [0.15, 0.2) is 11.5 Å². The maximum absolute atomic E-state index is 12.5. The van der Waals surface area contributed by atoms with Crippen LogP contribution in [0, 0.1) is 0 Å². The molecule has 0 atom stereocenters. The molecule has 27 heavy (non-hydrogen) atoms. The average Bonchev–Trinajstić information content (AvgIpc) is 3.05. The number of hydrogen-bond donors (Lipinski definition) is 2. The van der Waals surface area contributed by atoms with E-state index in [4.69, 9.17) is 0 Å². The van der Waals surface area contributed by atoms with E-state index in [0.29, 0.717) is 30.2 Å². The van der Waals surface area contributed by atoms with E-state index in [9.17, 15) is 9.59 Å². The third-order valence-electron chi connectivity index (χ3n) is 3.98. The van der Waals surface area contributed by atoms with E-state index in [0.717, 1.165) is 12.1 Å². The standard InChI is InChI=1S/C19H22N6O2/c1-3-7-18(26)20-14-8-6-9-15(12-14)21-19(27)24(2)13-17-23-22-16-10-4-5-11-25(16)17/h4-6,8-12H,3,7,13H2,1-2H3,(H,20,26)(H,21,27). The van der Waals surface area contributed by atoms with Gasteiger partial charge >= 0.3 is 6.03 Å². The molecule has 140 valence electrons. The predicted octanol–water partition coefficient (Wildman–Crippen LogP) is 3.13. The molecule has 3 amide bonds. The predicted molar refractivity (Wildman–Crippen MR) is 103 cm³/mol. The minimum atomic E-state index is -0.278. The summed E-state index contributed by atoms with van der Waals surface area (Å²) in [5.74, 6) is 0.626. The Bertz CT molecular complexity index is 952. The molecular weight excluding hydrogens is 344 g/mol. The van der Waals surface area contributed by atoms with Crippen LogP contribution in [0.2, 0.25) is 0 Å². The lowest BCUT2D eigenvalue weighted by atomic mass is 10.2. The summed E-state index contributed by atoms with van der Waals surface area (Å²) < 4.78 is 1.84. The second kappa shape index (κ2) is 8.31. The number of hydrogen-bond acceptors (Lipinski definition) is 4. The van der Waals surface area contributed by atoms with Gasteiger partial charge in [0.25, 0.3) is 0 Å². The highest BCUT2D eigenvalue weighted by molar-refractivity contribution is 5.93. The van der Waals surface area contributed by atoms with E-state index in [1.54, 1.807) is 31.3 Å². The maximum Gasteiger partial charge on any atom is 0.321 e. The molecule has 0 radical (unpaired) electrons. The molecule has 0 spiro atoms. The summed E-state index contributed by atoms with van der Waals surface area (Å²) in [6.45, 7) is 2.26. The van der Waals surface area contributed by atoms with Gasteiger partial charge in [-0.15, -0.1) is 10.2 Å². The van der Waals surface area contributed by atoms with Crippen LogP contribution >= 0.6 is 0 Å². The number of anilines is 2. The molecular formula is C19H22N6O2. The maximum atomic E-state index is 12.5. The van der Waals surface area contributed by atoms with Crippen molar-refractivity contribution in [2.75, 3.05) is 17.7 Å². The van der Waals surface area contributed by atoms with Crippen LogP contribution in [0.3, 0.4) is 0 Å². The lowest BCUT2D eigenvalue weighted by Crippen LogP contribution is -2.31. The first-order chi connectivity index (χ1) is 13.1. The van der Waals surface area contributed by atoms with E-state index >= 15 is 0 Å². The van der Waals surface area contributed by atoms with Crippen LogP contribution < -0.4 is 10.6 Å². The normalized spacial score (nSPS) is 10.6. The number of benzene rings is 1. The van der Waals surface area contributed by atoms with Gasteiger partial charge in [0.2, 0.25) is 5.91 Å². The second-order valence-electron chi connectivity index (χ2n) is 6.21. The highest BCUT2D eigenvalue weighted by Crippen LogP contribution is 2.16. The number of urea groups is 1. The topological polar surface area (TPSA) is 91.6 Å². The van der Waals surface area contributed by atoms with Crippen LogP contribution in [-0.4, -0.2) is 38.5 Å². The Balaban J connectivity index is 1.63. The van der Waals surface area contributed by atoms with E-state index in [2.05, 4.69) is 20.8 Å². The highest BCUT2D eigenvalue weighted by Gasteiger charge is 2.13. The minimum absolute atomic E-state index is 0.0446. The smallest absolute Gasteiger partial charge is 0.321 e. The zero-order chi connectivity index (χ0) is 19.2. The fourth-order valence-electron chi connectivity index (χ4n) is 2.63. The van der Waals surface area contributed by atoms with Crippen molar-refractivity contribution in [3.63, 3.8) is 0 Å². The molecule has 8 nitrogen and oxygen atoms in total. The Kier molecular flexibility index (Phi) is 5.65. The van der Waals surface area contributed by atoms with Gasteiger partial charge in [-0.3, -0.25) is 9.20 Å². The Morgan fingerprint density at radius 3 is 2.63 bits per heavy atom. The number of fused-ring (bicyclic) bond motifs is 1. The Morgan fingerprint density at radius 1 is 1.07 bits per heavy atom. The Hall–Kier alpha value is -3.42. The lowest BCUT2D eigenvalue weighted by Gasteiger charge is -2.17. The zero-order valence-electron chi connectivity index (χ0n) is 15.3. The molecule has 0 aliphatic heterocycles. The average molecular weight is 366 g/mol. The SMILES string of the molecule is CCCC(=O)Nc1cccc(NC(=O)N(C)Cc2nnc3ccccn23)c1. The van der Waals surface area contributed by atoms with Crippen LogP contribution in [0.1, 0.15) is 25.6 Å². The summed E-state index contributed by atoms with van der Waals surface area (Å²) in [7, 11) is 1.69. The number of carbonyl (C=O) groups is 2. The minimum Gasteiger partial charge on any atom is -0.326 e. The summed E-state index contributed by atoms with van der Waals surface area (Å²) >= 11 is 0. The van der Waals surface area contributed by atoms with Crippen molar-refractivity contribution < 1.29 is 9.59 Å². The van der Waals surface area contributed by atoms with Crippen LogP contribution in [0.4, 0.5) is 16.2 Å². The van der Waals surface area contributed by atoms with Crippen molar-refractivity contribution in [1.82, 2.24) is 19.5 Å². The molecule has 0 bridgehead atoms.